The first-order valence-electron chi connectivity index (χ1n) is 19.2. The molecule has 64 heavy (non-hydrogen) atoms. The molecule has 2 radical (unpaired) electrons. The Balaban J connectivity index is 0.000000220. The van der Waals surface area contributed by atoms with Crippen LogP contribution in [0, 0.1) is 43.7 Å². The summed E-state index contributed by atoms with van der Waals surface area (Å²) in [4.78, 5) is 17.4. The van der Waals surface area contributed by atoms with E-state index in [-0.39, 0.29) is 51.8 Å². The molecule has 0 atom stereocenters. The zero-order valence-electron chi connectivity index (χ0n) is 35.2. The third-order valence-corrected chi connectivity index (χ3v) is 8.65. The minimum atomic E-state index is -0.303. The Morgan fingerprint density at radius 3 is 1.41 bits per heavy atom. The van der Waals surface area contributed by atoms with E-state index in [2.05, 4.69) is 38.1 Å². The number of pyridine rings is 4. The van der Waals surface area contributed by atoms with Gasteiger partial charge in [0.25, 0.3) is 0 Å². The van der Waals surface area contributed by atoms with Crippen molar-refractivity contribution in [3.05, 3.63) is 218 Å². The maximum absolute atomic E-state index is 12.8. The van der Waals surface area contributed by atoms with E-state index in [0.29, 0.717) is 0 Å². The average Bonchev–Trinajstić information content (AvgIpc) is 4.03. The molecule has 0 saturated carbocycles. The van der Waals surface area contributed by atoms with E-state index >= 15 is 0 Å². The molecule has 0 aliphatic rings. The van der Waals surface area contributed by atoms with E-state index in [9.17, 15) is 8.78 Å². The molecule has 8 nitrogen and oxygen atoms in total. The second-order valence-corrected chi connectivity index (χ2v) is 12.8. The van der Waals surface area contributed by atoms with E-state index < -0.39 is 0 Å². The van der Waals surface area contributed by atoms with Crippen molar-refractivity contribution in [2.24, 2.45) is 0 Å². The third-order valence-electron chi connectivity index (χ3n) is 8.65. The van der Waals surface area contributed by atoms with Gasteiger partial charge in [0.2, 0.25) is 0 Å². The molecule has 0 bridgehead atoms. The summed E-state index contributed by atoms with van der Waals surface area (Å²) in [5.74, 6) is -0.550. The van der Waals surface area contributed by atoms with Gasteiger partial charge < -0.3 is 34.0 Å². The van der Waals surface area contributed by atoms with Crippen molar-refractivity contribution in [1.29, 1.82) is 0 Å². The van der Waals surface area contributed by atoms with Crippen molar-refractivity contribution >= 4 is 21.9 Å². The van der Waals surface area contributed by atoms with Gasteiger partial charge >= 0.3 is 0 Å². The van der Waals surface area contributed by atoms with Crippen molar-refractivity contribution < 1.29 is 68.0 Å². The maximum atomic E-state index is 12.8. The van der Waals surface area contributed by atoms with Crippen LogP contribution in [0.2, 0.25) is 0 Å². The molecule has 0 unspecified atom stereocenters. The molecular weight excluding hydrogens is 1170 g/mol. The summed E-state index contributed by atoms with van der Waals surface area (Å²) < 4.78 is 36.2. The van der Waals surface area contributed by atoms with Crippen molar-refractivity contribution in [2.45, 2.75) is 13.8 Å². The number of aryl methyl sites for hydroxylation is 2. The van der Waals surface area contributed by atoms with Gasteiger partial charge in [-0.2, -0.15) is 0 Å². The fraction of sp³-hybridized carbons (Fsp3) is 0.0769. The van der Waals surface area contributed by atoms with E-state index in [1.54, 1.807) is 49.2 Å². The molecule has 0 amide bonds. The molecule has 0 fully saturated rings. The fourth-order valence-electron chi connectivity index (χ4n) is 5.89. The van der Waals surface area contributed by atoms with Crippen LogP contribution in [0.4, 0.5) is 8.78 Å². The fourth-order valence-corrected chi connectivity index (χ4v) is 5.89. The van der Waals surface area contributed by atoms with E-state index in [4.69, 9.17) is 19.0 Å². The Hall–Kier alpha value is -6.36. The standard InChI is InChI=1S/C13H8FNO.C13H7FNO.2C12H10N.2CH4O.2Ir/c2*14-10-3-1-9(2-4-10)13-11-6-8-16-12(11)5-7-15-13;2*1-10-6-5-9-12(13-10)11-7-3-2-4-8-11;2*1-2;;/h1-8H;1,3-8H;2*2-7,9H,1H3;2*2H,1H3;;/q;3*-1;;;;. The summed E-state index contributed by atoms with van der Waals surface area (Å²) in [5, 5.41) is 15.8. The van der Waals surface area contributed by atoms with Crippen LogP contribution in [-0.2, 0) is 40.2 Å². The Labute approximate surface area is 398 Å². The summed E-state index contributed by atoms with van der Waals surface area (Å²) in [7, 11) is 2.00. The summed E-state index contributed by atoms with van der Waals surface area (Å²) in [5.41, 5.74) is 10.9. The first-order valence-corrected chi connectivity index (χ1v) is 19.2. The second kappa shape index (κ2) is 27.6. The van der Waals surface area contributed by atoms with Crippen LogP contribution in [0.5, 0.6) is 0 Å². The number of halogens is 2. The van der Waals surface area contributed by atoms with Gasteiger partial charge in [-0.3, -0.25) is 9.37 Å². The summed E-state index contributed by atoms with van der Waals surface area (Å²) in [6, 6.07) is 54.8. The molecule has 0 saturated heterocycles. The number of nitrogens with zero attached hydrogens (tertiary/aromatic N) is 4. The summed E-state index contributed by atoms with van der Waals surface area (Å²) in [6.07, 6.45) is 6.58. The van der Waals surface area contributed by atoms with Crippen molar-refractivity contribution in [3.63, 3.8) is 0 Å². The number of rotatable bonds is 4. The van der Waals surface area contributed by atoms with Gasteiger partial charge in [0.1, 0.15) is 17.0 Å². The molecule has 6 heterocycles. The Morgan fingerprint density at radius 2 is 0.953 bits per heavy atom. The number of hydrogen-bond acceptors (Lipinski definition) is 8. The van der Waals surface area contributed by atoms with Gasteiger partial charge in [0.15, 0.2) is 0 Å². The molecule has 2 N–H and O–H groups in total. The number of aliphatic hydroxyl groups is 2. The Kier molecular flexibility index (Phi) is 22.5. The van der Waals surface area contributed by atoms with Crippen LogP contribution in [-0.4, -0.2) is 44.4 Å². The summed E-state index contributed by atoms with van der Waals surface area (Å²) in [6.45, 7) is 3.98. The zero-order valence-corrected chi connectivity index (χ0v) is 40.0. The molecular formula is C52H43F2Ir2N4O4-3. The SMILES string of the molecule is CO.CO.Cc1cccc(-c2[c-]cccc2)n1.Cc1cccc(-c2[c-]cccc2)n1.Fc1c[c-]c(-c2nccc3occc23)cc1.Fc1ccc(-c2nccc3occc23)cc1.[Ir].[Ir]. The first kappa shape index (κ1) is 52.0. The average molecular weight is 1210 g/mol. The van der Waals surface area contributed by atoms with Crippen LogP contribution >= 0.6 is 0 Å². The van der Waals surface area contributed by atoms with Gasteiger partial charge in [0.05, 0.1) is 18.2 Å². The van der Waals surface area contributed by atoms with E-state index in [1.165, 1.54) is 24.3 Å². The van der Waals surface area contributed by atoms with Crippen molar-refractivity contribution in [3.8, 4) is 45.0 Å². The molecule has 0 aliphatic heterocycles. The largest absolute Gasteiger partial charge is 0.465 e. The van der Waals surface area contributed by atoms with E-state index in [0.717, 1.165) is 92.6 Å². The zero-order chi connectivity index (χ0) is 44.1. The minimum absolute atomic E-state index is 0. The topological polar surface area (TPSA) is 118 Å². The van der Waals surface area contributed by atoms with Crippen LogP contribution in [0.15, 0.2) is 185 Å². The predicted molar refractivity (Wildman–Crippen MR) is 240 cm³/mol. The molecule has 10 rings (SSSR count). The van der Waals surface area contributed by atoms with Crippen molar-refractivity contribution in [1.82, 2.24) is 19.9 Å². The quantitative estimate of drug-likeness (QED) is 0.167. The monoisotopic (exact) mass is 1210 g/mol. The van der Waals surface area contributed by atoms with Gasteiger partial charge in [-0.25, -0.2) is 4.39 Å². The number of fused-ring (bicyclic) bond motifs is 2. The number of aliphatic hydroxyl groups excluding tert-OH is 2. The molecule has 330 valence electrons. The minimum Gasteiger partial charge on any atom is -0.465 e. The predicted octanol–water partition coefficient (Wildman–Crippen LogP) is 12.0. The second-order valence-electron chi connectivity index (χ2n) is 12.8. The Bertz CT molecular complexity index is 2650. The summed E-state index contributed by atoms with van der Waals surface area (Å²) >= 11 is 0. The number of aromatic nitrogens is 4. The van der Waals surface area contributed by atoms with Crippen molar-refractivity contribution in [2.75, 3.05) is 14.2 Å². The van der Waals surface area contributed by atoms with Crippen LogP contribution < -0.4 is 0 Å². The van der Waals surface area contributed by atoms with Gasteiger partial charge in [-0.15, -0.1) is 102 Å². The molecule has 10 aromatic rings. The third kappa shape index (κ3) is 14.9. The van der Waals surface area contributed by atoms with Crippen LogP contribution in [0.3, 0.4) is 0 Å². The number of benzene rings is 4. The smallest absolute Gasteiger partial charge is 0.137 e. The van der Waals surface area contributed by atoms with Gasteiger partial charge in [-0.05, 0) is 91.6 Å². The van der Waals surface area contributed by atoms with Gasteiger partial charge in [-0.1, -0.05) is 24.3 Å². The normalized spacial score (nSPS) is 9.62. The number of hydrogen-bond donors (Lipinski definition) is 2. The number of furan rings is 2. The van der Waals surface area contributed by atoms with Gasteiger partial charge in [0, 0.05) is 100 Å². The Morgan fingerprint density at radius 1 is 0.469 bits per heavy atom. The van der Waals surface area contributed by atoms with Crippen LogP contribution in [0.25, 0.3) is 67.0 Å². The molecule has 0 aliphatic carbocycles. The molecule has 6 aromatic heterocycles. The molecule has 12 heteroatoms. The molecule has 4 aromatic carbocycles. The maximum Gasteiger partial charge on any atom is 0.137 e. The first-order chi connectivity index (χ1) is 30.4. The van der Waals surface area contributed by atoms with E-state index in [1.807, 2.05) is 117 Å². The van der Waals surface area contributed by atoms with Crippen LogP contribution in [0.1, 0.15) is 11.4 Å². The molecule has 0 spiro atoms.